The van der Waals surface area contributed by atoms with Crippen molar-refractivity contribution in [3.05, 3.63) is 0 Å². The van der Waals surface area contributed by atoms with Crippen LogP contribution in [0.1, 0.15) is 6.92 Å². The summed E-state index contributed by atoms with van der Waals surface area (Å²) >= 11 is 0. The summed E-state index contributed by atoms with van der Waals surface area (Å²) in [6.45, 7) is 2.36. The fourth-order valence-corrected chi connectivity index (χ4v) is 6.32. The zero-order valence-electron chi connectivity index (χ0n) is 5.81. The van der Waals surface area contributed by atoms with Gasteiger partial charge in [0.2, 0.25) is 0 Å². The van der Waals surface area contributed by atoms with Crippen molar-refractivity contribution >= 4 is 19.9 Å². The van der Waals surface area contributed by atoms with Crippen molar-refractivity contribution in [2.45, 2.75) is 6.92 Å². The number of rotatable bonds is 0. The lowest BCUT2D eigenvalue weighted by Crippen LogP contribution is -1.96. The lowest BCUT2D eigenvalue weighted by atomic mass is 10.3. The van der Waals surface area contributed by atoms with Gasteiger partial charge in [0.1, 0.15) is 0 Å². The molecule has 0 nitrogen and oxygen atoms in total. The zero-order valence-corrected chi connectivity index (χ0v) is 7.44. The van der Waals surface area contributed by atoms with Crippen molar-refractivity contribution in [1.82, 2.24) is 0 Å². The van der Waals surface area contributed by atoms with Crippen LogP contribution in [-0.2, 0) is 0 Å². The second-order valence-electron chi connectivity index (χ2n) is 2.99. The Morgan fingerprint density at radius 2 is 2.12 bits per heavy atom. The van der Waals surface area contributed by atoms with E-state index >= 15 is 0 Å². The fourth-order valence-electron chi connectivity index (χ4n) is 1.08. The highest BCUT2D eigenvalue weighted by Crippen LogP contribution is 2.60. The number of hydrogen-bond donors (Lipinski definition) is 0. The van der Waals surface area contributed by atoms with E-state index in [1.807, 2.05) is 0 Å². The highest BCUT2D eigenvalue weighted by Gasteiger charge is 2.24. The van der Waals surface area contributed by atoms with Gasteiger partial charge in [-0.3, -0.25) is 0 Å². The van der Waals surface area contributed by atoms with Crippen LogP contribution in [0.2, 0.25) is 0 Å². The SMILES string of the molecule is CC1CSS(C)(C)C1. The van der Waals surface area contributed by atoms with Crippen molar-refractivity contribution < 1.29 is 0 Å². The molecular weight excluding hydrogens is 136 g/mol. The van der Waals surface area contributed by atoms with Crippen molar-refractivity contribution in [3.63, 3.8) is 0 Å². The minimum Gasteiger partial charge on any atom is -0.198 e. The quantitative estimate of drug-likeness (QED) is 0.478. The Morgan fingerprint density at radius 1 is 1.50 bits per heavy atom. The first-order valence-electron chi connectivity index (χ1n) is 2.95. The first-order chi connectivity index (χ1) is 3.60. The third kappa shape index (κ3) is 1.59. The van der Waals surface area contributed by atoms with Crippen LogP contribution in [0.3, 0.4) is 0 Å². The molecule has 0 aromatic rings. The van der Waals surface area contributed by atoms with Crippen LogP contribution >= 0.6 is 19.9 Å². The molecule has 0 aliphatic carbocycles. The van der Waals surface area contributed by atoms with Crippen LogP contribution < -0.4 is 0 Å². The summed E-state index contributed by atoms with van der Waals surface area (Å²) in [7, 11) is 2.01. The van der Waals surface area contributed by atoms with E-state index in [4.69, 9.17) is 0 Å². The molecule has 0 aromatic heterocycles. The largest absolute Gasteiger partial charge is 0.198 e. The van der Waals surface area contributed by atoms with Crippen molar-refractivity contribution in [1.29, 1.82) is 0 Å². The van der Waals surface area contributed by atoms with Crippen LogP contribution in [0.25, 0.3) is 0 Å². The average Bonchev–Trinajstić information content (AvgIpc) is 1.82. The van der Waals surface area contributed by atoms with Gasteiger partial charge in [-0.2, -0.15) is 9.06 Å². The highest BCUT2D eigenvalue weighted by molar-refractivity contribution is 8.94. The van der Waals surface area contributed by atoms with E-state index < -0.39 is 0 Å². The number of hydrogen-bond acceptors (Lipinski definition) is 1. The van der Waals surface area contributed by atoms with Crippen LogP contribution in [0.15, 0.2) is 0 Å². The van der Waals surface area contributed by atoms with Gasteiger partial charge in [-0.25, -0.2) is 0 Å². The smallest absolute Gasteiger partial charge is 0.00552 e. The molecule has 1 heterocycles. The average molecular weight is 150 g/mol. The van der Waals surface area contributed by atoms with Crippen LogP contribution in [-0.4, -0.2) is 24.0 Å². The monoisotopic (exact) mass is 150 g/mol. The topological polar surface area (TPSA) is 0 Å². The summed E-state index contributed by atoms with van der Waals surface area (Å²) in [5.41, 5.74) is 0. The second-order valence-corrected chi connectivity index (χ2v) is 10.2. The predicted octanol–water partition coefficient (Wildman–Crippen LogP) is 2.35. The first kappa shape index (κ1) is 6.81. The molecule has 0 spiro atoms. The van der Waals surface area contributed by atoms with E-state index in [2.05, 4.69) is 30.2 Å². The van der Waals surface area contributed by atoms with E-state index in [1.165, 1.54) is 11.5 Å². The minimum absolute atomic E-state index is 0.179. The molecule has 0 saturated carbocycles. The zero-order chi connectivity index (χ0) is 6.20. The van der Waals surface area contributed by atoms with E-state index in [0.29, 0.717) is 0 Å². The summed E-state index contributed by atoms with van der Waals surface area (Å²) in [4.78, 5) is 0. The van der Waals surface area contributed by atoms with Crippen LogP contribution in [0, 0.1) is 5.92 Å². The molecule has 1 rings (SSSR count). The molecule has 0 amide bonds. The van der Waals surface area contributed by atoms with Gasteiger partial charge >= 0.3 is 0 Å². The Kier molecular flexibility index (Phi) is 1.83. The summed E-state index contributed by atoms with van der Waals surface area (Å²) in [6.07, 6.45) is 4.84. The van der Waals surface area contributed by atoms with Crippen molar-refractivity contribution in [2.75, 3.05) is 24.0 Å². The van der Waals surface area contributed by atoms with Gasteiger partial charge in [0.25, 0.3) is 0 Å². The molecule has 1 atom stereocenters. The Morgan fingerprint density at radius 3 is 2.25 bits per heavy atom. The van der Waals surface area contributed by atoms with E-state index in [0.717, 1.165) is 5.92 Å². The first-order valence-corrected chi connectivity index (χ1v) is 7.08. The van der Waals surface area contributed by atoms with Gasteiger partial charge < -0.3 is 0 Å². The molecule has 0 aromatic carbocycles. The highest BCUT2D eigenvalue weighted by atomic mass is 33.2. The van der Waals surface area contributed by atoms with Crippen molar-refractivity contribution in [2.24, 2.45) is 5.92 Å². The molecular formula is C6H14S2. The van der Waals surface area contributed by atoms with Crippen LogP contribution in [0.4, 0.5) is 0 Å². The molecule has 1 unspecified atom stereocenters. The van der Waals surface area contributed by atoms with Gasteiger partial charge in [0.05, 0.1) is 0 Å². The molecule has 8 heavy (non-hydrogen) atoms. The maximum Gasteiger partial charge on any atom is 0.00552 e. The molecule has 1 fully saturated rings. The summed E-state index contributed by atoms with van der Waals surface area (Å²) in [5.74, 6) is 3.88. The normalized spacial score (nSPS) is 39.6. The standard InChI is InChI=1S/C6H14S2/c1-6-4-7-8(2,3)5-6/h6H,4-5H2,1-3H3. The Labute approximate surface area is 57.1 Å². The lowest BCUT2D eigenvalue weighted by Gasteiger charge is -2.22. The lowest BCUT2D eigenvalue weighted by molar-refractivity contribution is 0.772. The molecule has 0 bridgehead atoms. The van der Waals surface area contributed by atoms with E-state index in [-0.39, 0.29) is 9.06 Å². The maximum absolute atomic E-state index is 2.42. The van der Waals surface area contributed by atoms with Gasteiger partial charge in [-0.15, -0.1) is 10.8 Å². The summed E-state index contributed by atoms with van der Waals surface area (Å²) < 4.78 is 0. The third-order valence-corrected chi connectivity index (χ3v) is 6.80. The molecule has 1 aliphatic rings. The minimum atomic E-state index is -0.179. The predicted molar refractivity (Wildman–Crippen MR) is 45.9 cm³/mol. The third-order valence-electron chi connectivity index (χ3n) is 1.36. The van der Waals surface area contributed by atoms with Gasteiger partial charge in [-0.1, -0.05) is 6.92 Å². The second kappa shape index (κ2) is 2.14. The summed E-state index contributed by atoms with van der Waals surface area (Å²) in [6, 6.07) is 0. The van der Waals surface area contributed by atoms with E-state index in [9.17, 15) is 0 Å². The molecule has 1 saturated heterocycles. The molecule has 1 aliphatic heterocycles. The fraction of sp³-hybridized carbons (Fsp3) is 1.00. The molecule has 0 N–H and O–H groups in total. The Balaban J connectivity index is 2.44. The Bertz CT molecular complexity index is 88.5. The van der Waals surface area contributed by atoms with Gasteiger partial charge in [-0.05, 0) is 24.2 Å². The Hall–Kier alpha value is 0.700. The molecule has 0 radical (unpaired) electrons. The van der Waals surface area contributed by atoms with Gasteiger partial charge in [0, 0.05) is 5.75 Å². The maximum atomic E-state index is 2.42. The molecule has 50 valence electrons. The molecule has 2 heteroatoms. The summed E-state index contributed by atoms with van der Waals surface area (Å²) in [5, 5.41) is 0. The van der Waals surface area contributed by atoms with Gasteiger partial charge in [0.15, 0.2) is 0 Å². The van der Waals surface area contributed by atoms with Crippen LogP contribution in [0.5, 0.6) is 0 Å². The van der Waals surface area contributed by atoms with E-state index in [1.54, 1.807) is 0 Å². The van der Waals surface area contributed by atoms with Crippen molar-refractivity contribution in [3.8, 4) is 0 Å².